The van der Waals surface area contributed by atoms with Crippen LogP contribution >= 0.6 is 11.6 Å². The Morgan fingerprint density at radius 2 is 0.789 bits per heavy atom. The second kappa shape index (κ2) is 27.2. The highest BCUT2D eigenvalue weighted by Crippen LogP contribution is 2.28. The molecule has 0 atom stereocenters. The van der Waals surface area contributed by atoms with Crippen LogP contribution in [0, 0.1) is 13.8 Å². The summed E-state index contributed by atoms with van der Waals surface area (Å²) in [7, 11) is 0. The molecule has 22 heteroatoms. The number of nitrogens with one attached hydrogen (secondary N) is 6. The molecule has 3 fully saturated rings. The number of benzene rings is 6. The van der Waals surface area contributed by atoms with Crippen LogP contribution in [0.25, 0.3) is 65.4 Å². The average molecular weight is 1230 g/mol. The summed E-state index contributed by atoms with van der Waals surface area (Å²) < 4.78 is 0. The third-order valence-electron chi connectivity index (χ3n) is 17.6. The Morgan fingerprint density at radius 3 is 1.23 bits per heavy atom. The van der Waals surface area contributed by atoms with Gasteiger partial charge in [-0.1, -0.05) is 71.8 Å². The summed E-state index contributed by atoms with van der Waals surface area (Å²) in [6, 6.07) is 41.7. The molecule has 3 saturated heterocycles. The van der Waals surface area contributed by atoms with Crippen LogP contribution in [0.5, 0.6) is 0 Å². The second-order valence-corrected chi connectivity index (χ2v) is 24.2. The molecule has 21 nitrogen and oxygen atoms in total. The van der Waals surface area contributed by atoms with Crippen molar-refractivity contribution in [1.82, 2.24) is 75.2 Å². The lowest BCUT2D eigenvalue weighted by Gasteiger charge is -2.35. The van der Waals surface area contributed by atoms with Crippen LogP contribution in [-0.2, 0) is 19.3 Å². The van der Waals surface area contributed by atoms with Crippen molar-refractivity contribution in [3.05, 3.63) is 192 Å². The van der Waals surface area contributed by atoms with Crippen LogP contribution in [-0.4, -0.2) is 173 Å². The summed E-state index contributed by atoms with van der Waals surface area (Å²) in [6.07, 6.45) is 5.22. The van der Waals surface area contributed by atoms with Crippen LogP contribution in [0.3, 0.4) is 0 Å². The zero-order chi connectivity index (χ0) is 61.5. The highest BCUT2D eigenvalue weighted by atomic mass is 35.5. The molecule has 0 aliphatic carbocycles. The fourth-order valence-corrected chi connectivity index (χ4v) is 12.9. The second-order valence-electron chi connectivity index (χ2n) is 23.8. The Labute approximate surface area is 524 Å². The van der Waals surface area contributed by atoms with E-state index in [-0.39, 0.29) is 16.7 Å². The van der Waals surface area contributed by atoms with Crippen molar-refractivity contribution < 1.29 is 0 Å². The SMILES string of the molecule is Cc1ccc2nc(CCCN3CCN(c4n[nH]c5ccccc45)CC3)[nH]c(=O)c2c1.Cc1cccc2nc(CCCN3CCN(c4n[nH]c5ccccc45)CC3)[nH]c(=O)c12.O=c1[nH]c(CCCN2CCN(c3n[nH]c4ccccc34)CC2)nc2ccc(Cl)cc12. The van der Waals surface area contributed by atoms with Gasteiger partial charge in [0.2, 0.25) is 0 Å². The third kappa shape index (κ3) is 13.6. The van der Waals surface area contributed by atoms with Crippen molar-refractivity contribution in [2.24, 2.45) is 0 Å². The van der Waals surface area contributed by atoms with E-state index in [4.69, 9.17) is 11.6 Å². The first-order valence-corrected chi connectivity index (χ1v) is 31.8. The van der Waals surface area contributed by atoms with Gasteiger partial charge >= 0.3 is 0 Å². The molecule has 90 heavy (non-hydrogen) atoms. The smallest absolute Gasteiger partial charge is 0.259 e. The molecule has 3 aliphatic rings. The van der Waals surface area contributed by atoms with Crippen molar-refractivity contribution >= 4 is 94.5 Å². The lowest BCUT2D eigenvalue weighted by molar-refractivity contribution is 0.254. The minimum Gasteiger partial charge on any atom is -0.352 e. The molecule has 0 radical (unpaired) electrons. The van der Waals surface area contributed by atoms with E-state index in [0.29, 0.717) is 26.7 Å². The monoisotopic (exact) mass is 1230 g/mol. The van der Waals surface area contributed by atoms with E-state index in [0.717, 1.165) is 210 Å². The van der Waals surface area contributed by atoms with E-state index in [1.807, 2.05) is 68.4 Å². The number of piperazine rings is 3. The highest BCUT2D eigenvalue weighted by molar-refractivity contribution is 6.31. The van der Waals surface area contributed by atoms with Gasteiger partial charge < -0.3 is 29.7 Å². The first-order valence-electron chi connectivity index (χ1n) is 31.4. The normalized spacial score (nSPS) is 15.3. The maximum atomic E-state index is 12.4. The lowest BCUT2D eigenvalue weighted by atomic mass is 10.1. The number of aromatic amines is 6. The summed E-state index contributed by atoms with van der Waals surface area (Å²) >= 11 is 5.98. The highest BCUT2D eigenvalue weighted by Gasteiger charge is 2.24. The third-order valence-corrected chi connectivity index (χ3v) is 17.9. The first-order chi connectivity index (χ1) is 44.0. The van der Waals surface area contributed by atoms with Crippen molar-refractivity contribution in [3.63, 3.8) is 0 Å². The van der Waals surface area contributed by atoms with Gasteiger partial charge in [-0.3, -0.25) is 44.4 Å². The molecule has 3 aliphatic heterocycles. The minimum absolute atomic E-state index is 0.0343. The molecule has 6 aromatic carbocycles. The number of para-hydroxylation sites is 3. The summed E-state index contributed by atoms with van der Waals surface area (Å²) in [6.45, 7) is 18.8. The maximum Gasteiger partial charge on any atom is 0.259 e. The maximum absolute atomic E-state index is 12.4. The fourth-order valence-electron chi connectivity index (χ4n) is 12.8. The van der Waals surface area contributed by atoms with E-state index in [9.17, 15) is 14.4 Å². The Hall–Kier alpha value is -9.28. The van der Waals surface area contributed by atoms with E-state index in [1.165, 1.54) is 16.2 Å². The molecule has 0 saturated carbocycles. The Balaban J connectivity index is 0.000000124. The molecule has 0 unspecified atom stereocenters. The quantitative estimate of drug-likeness (QED) is 0.0561. The van der Waals surface area contributed by atoms with Gasteiger partial charge in [0.15, 0.2) is 17.5 Å². The molecule has 0 bridgehead atoms. The van der Waals surface area contributed by atoms with Gasteiger partial charge in [0.25, 0.3) is 16.7 Å². The van der Waals surface area contributed by atoms with Crippen LogP contribution in [0.1, 0.15) is 47.9 Å². The summed E-state index contributed by atoms with van der Waals surface area (Å²) in [4.78, 5) is 74.2. The average Bonchev–Trinajstić information content (AvgIpc) is 2.66. The van der Waals surface area contributed by atoms with Gasteiger partial charge in [-0.15, -0.1) is 0 Å². The summed E-state index contributed by atoms with van der Waals surface area (Å²) in [5.41, 5.74) is 7.34. The number of hydrogen-bond donors (Lipinski definition) is 6. The van der Waals surface area contributed by atoms with Crippen molar-refractivity contribution in [3.8, 4) is 0 Å². The van der Waals surface area contributed by atoms with Gasteiger partial charge in [-0.2, -0.15) is 15.3 Å². The number of H-pyrrole nitrogens is 6. The molecule has 0 spiro atoms. The van der Waals surface area contributed by atoms with Gasteiger partial charge in [0, 0.05) is 119 Å². The van der Waals surface area contributed by atoms with E-state index in [1.54, 1.807) is 18.2 Å². The molecular weight excluding hydrogens is 1150 g/mol. The van der Waals surface area contributed by atoms with Gasteiger partial charge in [0.1, 0.15) is 17.5 Å². The molecule has 0 amide bonds. The topological polar surface area (TPSA) is 243 Å². The van der Waals surface area contributed by atoms with Crippen molar-refractivity contribution in [1.29, 1.82) is 0 Å². The molecule has 9 heterocycles. The number of hydrogen-bond acceptors (Lipinski definition) is 15. The molecule has 6 aromatic heterocycles. The summed E-state index contributed by atoms with van der Waals surface area (Å²) in [5, 5.41) is 28.9. The number of aromatic nitrogens is 12. The van der Waals surface area contributed by atoms with E-state index >= 15 is 0 Å². The van der Waals surface area contributed by atoms with Gasteiger partial charge in [-0.25, -0.2) is 15.0 Å². The molecule has 15 rings (SSSR count). The number of fused-ring (bicyclic) bond motifs is 6. The largest absolute Gasteiger partial charge is 0.352 e. The number of aryl methyl sites for hydroxylation is 5. The Morgan fingerprint density at radius 1 is 0.400 bits per heavy atom. The van der Waals surface area contributed by atoms with Crippen LogP contribution < -0.4 is 31.4 Å². The van der Waals surface area contributed by atoms with E-state index in [2.05, 4.69) is 144 Å². The van der Waals surface area contributed by atoms with Crippen molar-refractivity contribution in [2.45, 2.75) is 52.4 Å². The molecule has 6 N–H and O–H groups in total. The standard InChI is InChI=1S/2C23H26N6O.C22H23ClN6O/c1-16-6-4-9-19-21(16)23(30)25-20(24-19)10-5-11-28-12-14-29(15-13-28)22-17-7-2-3-8-18(17)26-27-22;1-16-8-9-19-18(15-16)23(30)25-21(24-19)7-4-10-28-11-13-29(14-12-28)22-17-5-2-3-6-20(17)26-27-22;23-15-7-8-18-17(14-15)22(30)25-20(24-18)6-3-9-28-10-12-29(13-11-28)21-16-4-1-2-5-19(16)26-27-21/h2-4,6-9H,5,10-15H2,1H3,(H,26,27)(H,24,25,30);2-3,5-6,8-9,15H,4,7,10-14H2,1H3,(H,26,27)(H,24,25,30);1-2,4-5,7-8,14H,3,6,9-13H2,(H,26,27)(H,24,25,30). The number of anilines is 3. The fraction of sp³-hybridized carbons (Fsp3) is 0.338. The van der Waals surface area contributed by atoms with E-state index < -0.39 is 0 Å². The lowest BCUT2D eigenvalue weighted by Crippen LogP contribution is -2.46. The predicted octanol–water partition coefficient (Wildman–Crippen LogP) is 8.93. The minimum atomic E-state index is -0.127. The first kappa shape index (κ1) is 59.7. The Bertz CT molecular complexity index is 4450. The van der Waals surface area contributed by atoms with Crippen LogP contribution in [0.4, 0.5) is 17.5 Å². The van der Waals surface area contributed by atoms with Crippen LogP contribution in [0.2, 0.25) is 5.02 Å². The number of nitrogens with zero attached hydrogens (tertiary/aromatic N) is 12. The molecule has 462 valence electrons. The summed E-state index contributed by atoms with van der Waals surface area (Å²) in [5.74, 6) is 5.44. The van der Waals surface area contributed by atoms with Crippen LogP contribution in [0.15, 0.2) is 142 Å². The van der Waals surface area contributed by atoms with Gasteiger partial charge in [0.05, 0.1) is 49.3 Å². The van der Waals surface area contributed by atoms with Gasteiger partial charge in [-0.05, 0) is 131 Å². The number of rotatable bonds is 15. The zero-order valence-electron chi connectivity index (χ0n) is 50.9. The van der Waals surface area contributed by atoms with Crippen molar-refractivity contribution in [2.75, 3.05) is 113 Å². The molecule has 12 aromatic rings. The predicted molar refractivity (Wildman–Crippen MR) is 361 cm³/mol. The Kier molecular flexibility index (Phi) is 18.0. The zero-order valence-corrected chi connectivity index (χ0v) is 51.7. The molecular formula is C68H75ClN18O3. The number of halogens is 1.